The number of carbonyl (C=O) groups excluding carboxylic acids is 1. The van der Waals surface area contributed by atoms with Crippen molar-refractivity contribution < 1.29 is 4.79 Å². The molecule has 3 rings (SSSR count). The third kappa shape index (κ3) is 2.18. The van der Waals surface area contributed by atoms with Gasteiger partial charge in [0.15, 0.2) is 5.69 Å². The quantitative estimate of drug-likeness (QED) is 0.704. The molecule has 1 saturated heterocycles. The van der Waals surface area contributed by atoms with Crippen LogP contribution < -0.4 is 16.2 Å². The zero-order chi connectivity index (χ0) is 11.7. The van der Waals surface area contributed by atoms with E-state index in [0.29, 0.717) is 17.7 Å². The van der Waals surface area contributed by atoms with Gasteiger partial charge in [0.25, 0.3) is 5.91 Å². The molecule has 2 aliphatic rings. The number of hydrogen-bond donors (Lipinski definition) is 3. The zero-order valence-corrected chi connectivity index (χ0v) is 10.2. The van der Waals surface area contributed by atoms with Crippen LogP contribution in [0, 0.1) is 5.92 Å². The predicted octanol–water partition coefficient (Wildman–Crippen LogP) is 0.261. The Kier molecular flexibility index (Phi) is 3.04. The van der Waals surface area contributed by atoms with Crippen LogP contribution in [0.25, 0.3) is 0 Å². The van der Waals surface area contributed by atoms with Gasteiger partial charge in [-0.2, -0.15) is 0 Å². The van der Waals surface area contributed by atoms with Crippen LogP contribution in [0.2, 0.25) is 0 Å². The number of rotatable bonds is 2. The first-order chi connectivity index (χ1) is 8.34. The van der Waals surface area contributed by atoms with Gasteiger partial charge in [0, 0.05) is 17.3 Å². The largest absolute Gasteiger partial charge is 0.334 e. The molecule has 3 N–H and O–H groups in total. The number of amides is 1. The Morgan fingerprint density at radius 2 is 2.29 bits per heavy atom. The number of nitrogens with one attached hydrogen (secondary N) is 3. The molecule has 2 fully saturated rings. The van der Waals surface area contributed by atoms with Gasteiger partial charge in [0.2, 0.25) is 0 Å². The van der Waals surface area contributed by atoms with E-state index in [2.05, 4.69) is 25.8 Å². The summed E-state index contributed by atoms with van der Waals surface area (Å²) < 4.78 is 3.69. The van der Waals surface area contributed by atoms with E-state index in [1.165, 1.54) is 30.8 Å². The maximum Gasteiger partial charge on any atom is 0.274 e. The van der Waals surface area contributed by atoms with Crippen LogP contribution in [-0.4, -0.2) is 27.7 Å². The minimum Gasteiger partial charge on any atom is -0.334 e. The normalized spacial score (nSPS) is 32.1. The Morgan fingerprint density at radius 3 is 3.12 bits per heavy atom. The van der Waals surface area contributed by atoms with Crippen LogP contribution in [-0.2, 0) is 0 Å². The third-order valence-corrected chi connectivity index (χ3v) is 4.06. The minimum atomic E-state index is -0.149. The van der Waals surface area contributed by atoms with Crippen LogP contribution in [0.1, 0.15) is 36.2 Å². The Hall–Kier alpha value is -1.05. The Morgan fingerprint density at radius 1 is 1.41 bits per heavy atom. The van der Waals surface area contributed by atoms with Crippen molar-refractivity contribution in [1.82, 2.24) is 25.8 Å². The molecule has 7 heteroatoms. The number of nitrogens with zero attached hydrogens (tertiary/aromatic N) is 2. The second-order valence-electron chi connectivity index (χ2n) is 4.58. The molecule has 0 spiro atoms. The molecule has 6 nitrogen and oxygen atoms in total. The first-order valence-electron chi connectivity index (χ1n) is 5.93. The number of hydrogen-bond acceptors (Lipinski definition) is 6. The molecular weight excluding hydrogens is 238 g/mol. The lowest BCUT2D eigenvalue weighted by Gasteiger charge is -2.27. The van der Waals surface area contributed by atoms with Gasteiger partial charge in [-0.25, -0.2) is 5.43 Å². The Labute approximate surface area is 103 Å². The van der Waals surface area contributed by atoms with E-state index in [1.54, 1.807) is 5.38 Å². The Bertz CT molecular complexity index is 395. The number of carbonyl (C=O) groups is 1. The van der Waals surface area contributed by atoms with E-state index < -0.39 is 0 Å². The van der Waals surface area contributed by atoms with Crippen molar-refractivity contribution >= 4 is 17.4 Å². The van der Waals surface area contributed by atoms with Crippen LogP contribution in [0.15, 0.2) is 5.38 Å². The lowest BCUT2D eigenvalue weighted by Crippen LogP contribution is -2.47. The smallest absolute Gasteiger partial charge is 0.274 e. The SMILES string of the molecule is O=C(NC1NNC2CCCCC21)c1csnn1. The number of aromatic nitrogens is 2. The van der Waals surface area contributed by atoms with Crippen molar-refractivity contribution in [3.63, 3.8) is 0 Å². The molecule has 1 aliphatic carbocycles. The molecule has 3 atom stereocenters. The summed E-state index contributed by atoms with van der Waals surface area (Å²) in [5.41, 5.74) is 6.82. The average molecular weight is 253 g/mol. The van der Waals surface area contributed by atoms with Crippen LogP contribution in [0.5, 0.6) is 0 Å². The van der Waals surface area contributed by atoms with Gasteiger partial charge in [-0.1, -0.05) is 17.3 Å². The molecule has 0 bridgehead atoms. The second-order valence-corrected chi connectivity index (χ2v) is 5.19. The number of fused-ring (bicyclic) bond motifs is 1. The molecular formula is C10H15N5OS. The molecule has 1 aliphatic heterocycles. The highest BCUT2D eigenvalue weighted by molar-refractivity contribution is 7.03. The van der Waals surface area contributed by atoms with Crippen LogP contribution in [0.3, 0.4) is 0 Å². The van der Waals surface area contributed by atoms with Gasteiger partial charge in [-0.05, 0) is 24.4 Å². The summed E-state index contributed by atoms with van der Waals surface area (Å²) >= 11 is 1.19. The summed E-state index contributed by atoms with van der Waals surface area (Å²) in [6, 6.07) is 0.489. The molecule has 3 unspecified atom stereocenters. The van der Waals surface area contributed by atoms with E-state index in [4.69, 9.17) is 0 Å². The van der Waals surface area contributed by atoms with Crippen molar-refractivity contribution in [3.8, 4) is 0 Å². The summed E-state index contributed by atoms with van der Waals surface area (Å²) in [6.07, 6.45) is 4.86. The van der Waals surface area contributed by atoms with Gasteiger partial charge in [0.05, 0.1) is 6.17 Å². The van der Waals surface area contributed by atoms with Gasteiger partial charge in [0.1, 0.15) is 0 Å². The molecule has 1 amide bonds. The fraction of sp³-hybridized carbons (Fsp3) is 0.700. The van der Waals surface area contributed by atoms with Crippen molar-refractivity contribution in [3.05, 3.63) is 11.1 Å². The first-order valence-corrected chi connectivity index (χ1v) is 6.77. The number of hydrazine groups is 1. The Balaban J connectivity index is 1.64. The first kappa shape index (κ1) is 11.1. The predicted molar refractivity (Wildman–Crippen MR) is 63.2 cm³/mol. The lowest BCUT2D eigenvalue weighted by molar-refractivity contribution is 0.0911. The van der Waals surface area contributed by atoms with Gasteiger partial charge < -0.3 is 5.32 Å². The van der Waals surface area contributed by atoms with E-state index in [0.717, 1.165) is 6.42 Å². The molecule has 17 heavy (non-hydrogen) atoms. The lowest BCUT2D eigenvalue weighted by atomic mass is 9.84. The standard InChI is InChI=1S/C10H15N5OS/c16-10(8-5-17-15-13-8)11-9-6-3-1-2-4-7(6)12-14-9/h5-7,9,12,14H,1-4H2,(H,11,16). The topological polar surface area (TPSA) is 78.9 Å². The fourth-order valence-electron chi connectivity index (χ4n) is 2.66. The maximum atomic E-state index is 11.9. The fourth-order valence-corrected chi connectivity index (χ4v) is 3.10. The van der Waals surface area contributed by atoms with E-state index in [-0.39, 0.29) is 12.1 Å². The van der Waals surface area contributed by atoms with Gasteiger partial charge in [-0.15, -0.1) is 5.10 Å². The molecule has 1 aromatic rings. The van der Waals surface area contributed by atoms with Crippen molar-refractivity contribution in [2.45, 2.75) is 37.9 Å². The summed E-state index contributed by atoms with van der Waals surface area (Å²) in [5, 5.41) is 8.41. The molecule has 2 heterocycles. The molecule has 0 radical (unpaired) electrons. The average Bonchev–Trinajstić information content (AvgIpc) is 2.98. The van der Waals surface area contributed by atoms with Crippen LogP contribution >= 0.6 is 11.5 Å². The van der Waals surface area contributed by atoms with E-state index >= 15 is 0 Å². The highest BCUT2D eigenvalue weighted by Crippen LogP contribution is 2.29. The highest BCUT2D eigenvalue weighted by atomic mass is 32.1. The van der Waals surface area contributed by atoms with Crippen molar-refractivity contribution in [2.24, 2.45) is 5.92 Å². The monoisotopic (exact) mass is 253 g/mol. The minimum absolute atomic E-state index is 0.00880. The zero-order valence-electron chi connectivity index (χ0n) is 9.35. The third-order valence-electron chi connectivity index (χ3n) is 3.55. The summed E-state index contributed by atoms with van der Waals surface area (Å²) in [5.74, 6) is 0.337. The van der Waals surface area contributed by atoms with Gasteiger partial charge >= 0.3 is 0 Å². The second kappa shape index (κ2) is 4.67. The molecule has 1 saturated carbocycles. The molecule has 1 aromatic heterocycles. The summed E-state index contributed by atoms with van der Waals surface area (Å²) in [4.78, 5) is 11.9. The highest BCUT2D eigenvalue weighted by Gasteiger charge is 2.38. The van der Waals surface area contributed by atoms with Gasteiger partial charge in [-0.3, -0.25) is 10.2 Å². The van der Waals surface area contributed by atoms with Crippen molar-refractivity contribution in [1.29, 1.82) is 0 Å². The van der Waals surface area contributed by atoms with E-state index in [1.807, 2.05) is 0 Å². The van der Waals surface area contributed by atoms with Crippen LogP contribution in [0.4, 0.5) is 0 Å². The molecule has 0 aromatic carbocycles. The van der Waals surface area contributed by atoms with Crippen molar-refractivity contribution in [2.75, 3.05) is 0 Å². The van der Waals surface area contributed by atoms with E-state index in [9.17, 15) is 4.79 Å². The summed E-state index contributed by atoms with van der Waals surface area (Å²) in [7, 11) is 0. The summed E-state index contributed by atoms with van der Waals surface area (Å²) in [6.45, 7) is 0. The maximum absolute atomic E-state index is 11.9. The molecule has 92 valence electrons.